The Hall–Kier alpha value is -2.11. The van der Waals surface area contributed by atoms with Crippen LogP contribution in [0.25, 0.3) is 0 Å². The second-order valence-corrected chi connectivity index (χ2v) is 4.50. The summed E-state index contributed by atoms with van der Waals surface area (Å²) in [5.41, 5.74) is 0.917. The van der Waals surface area contributed by atoms with Crippen LogP contribution in [-0.2, 0) is 6.61 Å². The summed E-state index contributed by atoms with van der Waals surface area (Å²) >= 11 is 0. The molecule has 0 amide bonds. The zero-order valence-electron chi connectivity index (χ0n) is 11.6. The monoisotopic (exact) mass is 292 g/mol. The minimum absolute atomic E-state index is 0.0265. The second-order valence-electron chi connectivity index (χ2n) is 4.50. The molecule has 0 saturated heterocycles. The van der Waals surface area contributed by atoms with Gasteiger partial charge in [-0.25, -0.2) is 4.39 Å². The number of benzene rings is 2. The molecule has 0 spiro atoms. The van der Waals surface area contributed by atoms with Crippen molar-refractivity contribution in [2.24, 2.45) is 0 Å². The van der Waals surface area contributed by atoms with Crippen molar-refractivity contribution >= 4 is 0 Å². The van der Waals surface area contributed by atoms with Gasteiger partial charge in [-0.2, -0.15) is 0 Å². The van der Waals surface area contributed by atoms with E-state index in [0.29, 0.717) is 5.75 Å². The molecule has 2 aromatic carbocycles. The number of hydrogen-bond donors (Lipinski definition) is 2. The molecule has 2 aromatic rings. The molecule has 0 aromatic heterocycles. The van der Waals surface area contributed by atoms with Crippen molar-refractivity contribution in [2.45, 2.75) is 12.7 Å². The van der Waals surface area contributed by atoms with E-state index in [1.54, 1.807) is 0 Å². The second kappa shape index (κ2) is 7.06. The largest absolute Gasteiger partial charge is 0.493 e. The Bertz CT molecular complexity index is 586. The van der Waals surface area contributed by atoms with Crippen molar-refractivity contribution < 1.29 is 24.1 Å². The zero-order chi connectivity index (χ0) is 15.2. The van der Waals surface area contributed by atoms with Crippen molar-refractivity contribution in [2.75, 3.05) is 13.7 Å². The van der Waals surface area contributed by atoms with Gasteiger partial charge >= 0.3 is 0 Å². The maximum atomic E-state index is 13.9. The van der Waals surface area contributed by atoms with E-state index >= 15 is 0 Å². The lowest BCUT2D eigenvalue weighted by Crippen LogP contribution is -2.07. The summed E-state index contributed by atoms with van der Waals surface area (Å²) in [5.74, 6) is -0.108. The third-order valence-corrected chi connectivity index (χ3v) is 3.05. The summed E-state index contributed by atoms with van der Waals surface area (Å²) < 4.78 is 24.6. The first kappa shape index (κ1) is 15.3. The Morgan fingerprint density at radius 3 is 2.48 bits per heavy atom. The molecular weight excluding hydrogens is 275 g/mol. The van der Waals surface area contributed by atoms with Crippen LogP contribution in [0.15, 0.2) is 42.5 Å². The minimum atomic E-state index is -1.29. The Morgan fingerprint density at radius 1 is 1.14 bits per heavy atom. The minimum Gasteiger partial charge on any atom is -0.493 e. The molecule has 2 N–H and O–H groups in total. The molecule has 2 rings (SSSR count). The van der Waals surface area contributed by atoms with Crippen LogP contribution in [0.4, 0.5) is 4.39 Å². The van der Waals surface area contributed by atoms with Gasteiger partial charge < -0.3 is 19.7 Å². The normalized spacial score (nSPS) is 12.0. The van der Waals surface area contributed by atoms with Crippen molar-refractivity contribution in [3.63, 3.8) is 0 Å². The molecule has 21 heavy (non-hydrogen) atoms. The van der Waals surface area contributed by atoms with Gasteiger partial charge in [0.1, 0.15) is 18.5 Å². The predicted octanol–water partition coefficient (Wildman–Crippen LogP) is 2.44. The Morgan fingerprint density at radius 2 is 1.86 bits per heavy atom. The lowest BCUT2D eigenvalue weighted by Gasteiger charge is -2.15. The lowest BCUT2D eigenvalue weighted by atomic mass is 10.1. The molecule has 0 aliphatic carbocycles. The SMILES string of the molecule is COc1cc(C(O)CO)c(F)cc1OCc1ccccc1. The lowest BCUT2D eigenvalue weighted by molar-refractivity contribution is 0.0922. The summed E-state index contributed by atoms with van der Waals surface area (Å²) in [4.78, 5) is 0. The van der Waals surface area contributed by atoms with Crippen LogP contribution in [0.3, 0.4) is 0 Å². The van der Waals surface area contributed by atoms with Crippen molar-refractivity contribution in [3.8, 4) is 11.5 Å². The third-order valence-electron chi connectivity index (χ3n) is 3.05. The molecule has 5 heteroatoms. The van der Waals surface area contributed by atoms with Crippen LogP contribution in [0.2, 0.25) is 0 Å². The maximum absolute atomic E-state index is 13.9. The van der Waals surface area contributed by atoms with E-state index in [9.17, 15) is 9.50 Å². The fourth-order valence-corrected chi connectivity index (χ4v) is 1.91. The van der Waals surface area contributed by atoms with Gasteiger partial charge in [-0.3, -0.25) is 0 Å². The molecule has 0 aliphatic heterocycles. The Kier molecular flexibility index (Phi) is 5.14. The van der Waals surface area contributed by atoms with E-state index in [1.807, 2.05) is 30.3 Å². The smallest absolute Gasteiger partial charge is 0.164 e. The first-order valence-electron chi connectivity index (χ1n) is 6.48. The molecule has 0 aliphatic rings. The van der Waals surface area contributed by atoms with Gasteiger partial charge in [-0.1, -0.05) is 30.3 Å². The van der Waals surface area contributed by atoms with Gasteiger partial charge in [0.25, 0.3) is 0 Å². The quantitative estimate of drug-likeness (QED) is 0.858. The third kappa shape index (κ3) is 3.71. The van der Waals surface area contributed by atoms with Gasteiger partial charge in [0, 0.05) is 11.6 Å². The van der Waals surface area contributed by atoms with E-state index < -0.39 is 18.5 Å². The molecule has 0 saturated carbocycles. The molecule has 4 nitrogen and oxygen atoms in total. The molecule has 1 atom stereocenters. The highest BCUT2D eigenvalue weighted by Crippen LogP contribution is 2.33. The summed E-state index contributed by atoms with van der Waals surface area (Å²) in [7, 11) is 1.43. The van der Waals surface area contributed by atoms with Crippen LogP contribution in [0.5, 0.6) is 11.5 Å². The molecular formula is C16H17FO4. The van der Waals surface area contributed by atoms with Crippen molar-refractivity contribution in [3.05, 3.63) is 59.4 Å². The van der Waals surface area contributed by atoms with Crippen LogP contribution in [0, 0.1) is 5.82 Å². The molecule has 0 fully saturated rings. The molecule has 1 unspecified atom stereocenters. The number of ether oxygens (including phenoxy) is 2. The van der Waals surface area contributed by atoms with Crippen LogP contribution >= 0.6 is 0 Å². The standard InChI is InChI=1S/C16H17FO4/c1-20-15-7-12(14(19)9-18)13(17)8-16(15)21-10-11-5-3-2-4-6-11/h2-8,14,18-19H,9-10H2,1H3. The summed E-state index contributed by atoms with van der Waals surface area (Å²) in [5, 5.41) is 18.5. The summed E-state index contributed by atoms with van der Waals surface area (Å²) in [6, 6.07) is 11.9. The number of methoxy groups -OCH3 is 1. The fourth-order valence-electron chi connectivity index (χ4n) is 1.91. The zero-order valence-corrected chi connectivity index (χ0v) is 11.6. The summed E-state index contributed by atoms with van der Waals surface area (Å²) in [6.07, 6.45) is -1.29. The Labute approximate surface area is 122 Å². The maximum Gasteiger partial charge on any atom is 0.164 e. The average molecular weight is 292 g/mol. The Balaban J connectivity index is 2.21. The van der Waals surface area contributed by atoms with E-state index in [-0.39, 0.29) is 17.9 Å². The highest BCUT2D eigenvalue weighted by Gasteiger charge is 2.17. The highest BCUT2D eigenvalue weighted by atomic mass is 19.1. The average Bonchev–Trinajstić information content (AvgIpc) is 2.53. The topological polar surface area (TPSA) is 58.9 Å². The summed E-state index contributed by atoms with van der Waals surface area (Å²) in [6.45, 7) is -0.289. The van der Waals surface area contributed by atoms with Crippen molar-refractivity contribution in [1.82, 2.24) is 0 Å². The number of halogens is 1. The van der Waals surface area contributed by atoms with Gasteiger partial charge in [-0.15, -0.1) is 0 Å². The van der Waals surface area contributed by atoms with Gasteiger partial charge in [0.05, 0.1) is 13.7 Å². The molecule has 0 bridgehead atoms. The number of aliphatic hydroxyl groups excluding tert-OH is 2. The van der Waals surface area contributed by atoms with E-state index in [2.05, 4.69) is 0 Å². The highest BCUT2D eigenvalue weighted by molar-refractivity contribution is 5.44. The first-order chi connectivity index (χ1) is 10.2. The molecule has 0 heterocycles. The fraction of sp³-hybridized carbons (Fsp3) is 0.250. The first-order valence-corrected chi connectivity index (χ1v) is 6.48. The van der Waals surface area contributed by atoms with E-state index in [1.165, 1.54) is 13.2 Å². The van der Waals surface area contributed by atoms with Crippen LogP contribution in [0.1, 0.15) is 17.2 Å². The molecule has 112 valence electrons. The van der Waals surface area contributed by atoms with Crippen LogP contribution in [-0.4, -0.2) is 23.9 Å². The predicted molar refractivity (Wildman–Crippen MR) is 75.8 cm³/mol. The van der Waals surface area contributed by atoms with Crippen LogP contribution < -0.4 is 9.47 Å². The van der Waals surface area contributed by atoms with Gasteiger partial charge in [0.2, 0.25) is 0 Å². The van der Waals surface area contributed by atoms with E-state index in [0.717, 1.165) is 11.6 Å². The molecule has 0 radical (unpaired) electrons. The van der Waals surface area contributed by atoms with Crippen molar-refractivity contribution in [1.29, 1.82) is 0 Å². The van der Waals surface area contributed by atoms with Gasteiger partial charge in [-0.05, 0) is 11.6 Å². The van der Waals surface area contributed by atoms with Gasteiger partial charge in [0.15, 0.2) is 11.5 Å². The number of hydrogen-bond acceptors (Lipinski definition) is 4. The number of aliphatic hydroxyl groups is 2. The van der Waals surface area contributed by atoms with E-state index in [4.69, 9.17) is 14.6 Å². The number of rotatable bonds is 6.